The number of fused-ring (bicyclic) bond motifs is 1. The van der Waals surface area contributed by atoms with Crippen molar-refractivity contribution in [3.05, 3.63) is 17.4 Å². The maximum absolute atomic E-state index is 15.2. The van der Waals surface area contributed by atoms with Crippen molar-refractivity contribution in [3.63, 3.8) is 0 Å². The number of carbonyl (C=O) groups is 1. The SMILES string of the molecule is COC(=O)CNc1c(OC)cc2c(c1F)CC(NCCC(C)C)CN2C. The van der Waals surface area contributed by atoms with Gasteiger partial charge in [0.05, 0.1) is 14.2 Å². The molecule has 1 aliphatic rings. The first-order valence-electron chi connectivity index (χ1n) is 9.01. The van der Waals surface area contributed by atoms with Crippen molar-refractivity contribution in [1.29, 1.82) is 0 Å². The monoisotopic (exact) mass is 367 g/mol. The van der Waals surface area contributed by atoms with E-state index in [1.807, 2.05) is 18.0 Å². The van der Waals surface area contributed by atoms with Gasteiger partial charge in [-0.15, -0.1) is 0 Å². The third-order valence-corrected chi connectivity index (χ3v) is 4.68. The third-order valence-electron chi connectivity index (χ3n) is 4.68. The molecule has 0 aliphatic carbocycles. The number of ether oxygens (including phenoxy) is 2. The van der Waals surface area contributed by atoms with Crippen LogP contribution >= 0.6 is 0 Å². The molecule has 1 aromatic rings. The fourth-order valence-electron chi connectivity index (χ4n) is 3.20. The number of benzene rings is 1. The first-order valence-corrected chi connectivity index (χ1v) is 9.01. The van der Waals surface area contributed by atoms with Crippen LogP contribution in [0.3, 0.4) is 0 Å². The van der Waals surface area contributed by atoms with Gasteiger partial charge in [0.25, 0.3) is 0 Å². The lowest BCUT2D eigenvalue weighted by atomic mass is 9.96. The summed E-state index contributed by atoms with van der Waals surface area (Å²) in [7, 11) is 4.74. The predicted molar refractivity (Wildman–Crippen MR) is 102 cm³/mol. The number of rotatable bonds is 8. The molecule has 146 valence electrons. The molecule has 0 saturated carbocycles. The van der Waals surface area contributed by atoms with Gasteiger partial charge in [0.15, 0.2) is 5.82 Å². The molecule has 0 amide bonds. The third kappa shape index (κ3) is 4.78. The molecule has 1 heterocycles. The van der Waals surface area contributed by atoms with Gasteiger partial charge < -0.3 is 25.0 Å². The van der Waals surface area contributed by atoms with Gasteiger partial charge in [-0.3, -0.25) is 4.79 Å². The first-order chi connectivity index (χ1) is 12.4. The Morgan fingerprint density at radius 3 is 2.77 bits per heavy atom. The number of methoxy groups -OCH3 is 2. The van der Waals surface area contributed by atoms with Gasteiger partial charge in [-0.1, -0.05) is 13.8 Å². The largest absolute Gasteiger partial charge is 0.494 e. The zero-order valence-corrected chi connectivity index (χ0v) is 16.3. The van der Waals surface area contributed by atoms with Crippen molar-refractivity contribution in [1.82, 2.24) is 5.32 Å². The highest BCUT2D eigenvalue weighted by molar-refractivity contribution is 5.78. The highest BCUT2D eigenvalue weighted by Crippen LogP contribution is 2.39. The lowest BCUT2D eigenvalue weighted by Crippen LogP contribution is -2.45. The van der Waals surface area contributed by atoms with Gasteiger partial charge in [-0.05, 0) is 25.3 Å². The van der Waals surface area contributed by atoms with Gasteiger partial charge in [-0.2, -0.15) is 0 Å². The number of anilines is 2. The molecule has 0 bridgehead atoms. The normalized spacial score (nSPS) is 16.4. The fraction of sp³-hybridized carbons (Fsp3) is 0.632. The van der Waals surface area contributed by atoms with E-state index >= 15 is 4.39 Å². The smallest absolute Gasteiger partial charge is 0.325 e. The van der Waals surface area contributed by atoms with Crippen LogP contribution in [-0.2, 0) is 16.0 Å². The van der Waals surface area contributed by atoms with Crippen LogP contribution in [-0.4, -0.2) is 52.9 Å². The van der Waals surface area contributed by atoms with Gasteiger partial charge in [-0.25, -0.2) is 4.39 Å². The van der Waals surface area contributed by atoms with Crippen molar-refractivity contribution >= 4 is 17.3 Å². The maximum atomic E-state index is 15.2. The number of hydrogen-bond acceptors (Lipinski definition) is 6. The number of nitrogens with zero attached hydrogens (tertiary/aromatic N) is 1. The zero-order chi connectivity index (χ0) is 19.3. The van der Waals surface area contributed by atoms with E-state index < -0.39 is 5.97 Å². The Morgan fingerprint density at radius 1 is 1.42 bits per heavy atom. The van der Waals surface area contributed by atoms with E-state index in [-0.39, 0.29) is 24.1 Å². The second kappa shape index (κ2) is 9.07. The Balaban J connectivity index is 2.23. The second-order valence-corrected chi connectivity index (χ2v) is 7.11. The van der Waals surface area contributed by atoms with Crippen LogP contribution in [0.4, 0.5) is 15.8 Å². The Kier molecular flexibility index (Phi) is 7.08. The van der Waals surface area contributed by atoms with Crippen LogP contribution in [0.1, 0.15) is 25.8 Å². The zero-order valence-electron chi connectivity index (χ0n) is 16.3. The minimum absolute atomic E-state index is 0.117. The Morgan fingerprint density at radius 2 is 2.15 bits per heavy atom. The van der Waals surface area contributed by atoms with Crippen molar-refractivity contribution in [3.8, 4) is 5.75 Å². The van der Waals surface area contributed by atoms with Crippen LogP contribution in [0.15, 0.2) is 6.07 Å². The van der Waals surface area contributed by atoms with Gasteiger partial charge >= 0.3 is 5.97 Å². The van der Waals surface area contributed by atoms with Gasteiger partial charge in [0.2, 0.25) is 0 Å². The van der Waals surface area contributed by atoms with Crippen LogP contribution in [0, 0.1) is 11.7 Å². The lowest BCUT2D eigenvalue weighted by molar-refractivity contribution is -0.138. The van der Waals surface area contributed by atoms with Crippen molar-refractivity contribution in [2.24, 2.45) is 5.92 Å². The molecule has 1 atom stereocenters. The summed E-state index contributed by atoms with van der Waals surface area (Å²) in [5, 5.41) is 6.33. The Labute approximate surface area is 155 Å². The summed E-state index contributed by atoms with van der Waals surface area (Å²) in [4.78, 5) is 13.4. The van der Waals surface area contributed by atoms with Crippen LogP contribution in [0.25, 0.3) is 0 Å². The summed E-state index contributed by atoms with van der Waals surface area (Å²) in [6.07, 6.45) is 1.69. The molecule has 2 N–H and O–H groups in total. The van der Waals surface area contributed by atoms with E-state index in [1.54, 1.807) is 0 Å². The average molecular weight is 367 g/mol. The molecule has 7 heteroatoms. The molecular formula is C19H30FN3O3. The molecule has 0 fully saturated rings. The molecule has 1 unspecified atom stereocenters. The summed E-state index contributed by atoms with van der Waals surface area (Å²) >= 11 is 0. The second-order valence-electron chi connectivity index (χ2n) is 7.11. The summed E-state index contributed by atoms with van der Waals surface area (Å²) < 4.78 is 25.1. The fourth-order valence-corrected chi connectivity index (χ4v) is 3.20. The highest BCUT2D eigenvalue weighted by atomic mass is 19.1. The summed E-state index contributed by atoms with van der Waals surface area (Å²) in [5.74, 6) is 0.175. The summed E-state index contributed by atoms with van der Waals surface area (Å²) in [6.45, 7) is 5.98. The summed E-state index contributed by atoms with van der Waals surface area (Å²) in [5.41, 5.74) is 1.66. The Bertz CT molecular complexity index is 637. The molecule has 0 aromatic heterocycles. The molecule has 0 radical (unpaired) electrons. The topological polar surface area (TPSA) is 62.8 Å². The summed E-state index contributed by atoms with van der Waals surface area (Å²) in [6, 6.07) is 2.00. The highest BCUT2D eigenvalue weighted by Gasteiger charge is 2.28. The maximum Gasteiger partial charge on any atom is 0.325 e. The number of nitrogens with one attached hydrogen (secondary N) is 2. The van der Waals surface area contributed by atoms with Gasteiger partial charge in [0.1, 0.15) is 18.0 Å². The van der Waals surface area contributed by atoms with Crippen LogP contribution in [0.2, 0.25) is 0 Å². The molecule has 2 rings (SSSR count). The van der Waals surface area contributed by atoms with Gasteiger partial charge in [0, 0.05) is 37.0 Å². The lowest BCUT2D eigenvalue weighted by Gasteiger charge is -2.35. The minimum Gasteiger partial charge on any atom is -0.494 e. The molecule has 26 heavy (non-hydrogen) atoms. The van der Waals surface area contributed by atoms with E-state index in [9.17, 15) is 4.79 Å². The standard InChI is InChI=1S/C19H30FN3O3/c1-12(2)6-7-21-13-8-14-15(23(3)11-13)9-16(25-4)19(18(14)20)22-10-17(24)26-5/h9,12-13,21-22H,6-8,10-11H2,1-5H3. The van der Waals surface area contributed by atoms with E-state index in [1.165, 1.54) is 14.2 Å². The van der Waals surface area contributed by atoms with Crippen LogP contribution in [0.5, 0.6) is 5.75 Å². The number of esters is 1. The number of likely N-dealkylation sites (N-methyl/N-ethyl adjacent to an activating group) is 1. The molecule has 0 spiro atoms. The van der Waals surface area contributed by atoms with Crippen LogP contribution < -0.4 is 20.3 Å². The van der Waals surface area contributed by atoms with E-state index in [0.29, 0.717) is 23.7 Å². The van der Waals surface area contributed by atoms with Crippen molar-refractivity contribution in [2.75, 3.05) is 51.1 Å². The first kappa shape index (κ1) is 20.3. The van der Waals surface area contributed by atoms with E-state index in [2.05, 4.69) is 29.2 Å². The molecule has 1 aromatic carbocycles. The average Bonchev–Trinajstić information content (AvgIpc) is 2.60. The quantitative estimate of drug-likeness (QED) is 0.688. The van der Waals surface area contributed by atoms with Crippen molar-refractivity contribution in [2.45, 2.75) is 32.7 Å². The number of hydrogen-bond donors (Lipinski definition) is 2. The molecule has 6 nitrogen and oxygen atoms in total. The van der Waals surface area contributed by atoms with E-state index in [4.69, 9.17) is 4.74 Å². The number of carbonyl (C=O) groups excluding carboxylic acids is 1. The predicted octanol–water partition coefficient (Wildman–Crippen LogP) is 2.42. The Hall–Kier alpha value is -2.02. The van der Waals surface area contributed by atoms with Crippen molar-refractivity contribution < 1.29 is 18.7 Å². The molecule has 1 aliphatic heterocycles. The molecular weight excluding hydrogens is 337 g/mol. The molecule has 0 saturated heterocycles. The number of halogens is 1. The minimum atomic E-state index is -0.463. The van der Waals surface area contributed by atoms with E-state index in [0.717, 1.165) is 25.2 Å².